The lowest BCUT2D eigenvalue weighted by Gasteiger charge is -2.04. The minimum atomic E-state index is -0.629. The van der Waals surface area contributed by atoms with E-state index in [4.69, 9.17) is 4.42 Å². The largest absolute Gasteiger partial charge is 0.456 e. The third-order valence-electron chi connectivity index (χ3n) is 3.77. The summed E-state index contributed by atoms with van der Waals surface area (Å²) in [4.78, 5) is 0. The van der Waals surface area contributed by atoms with E-state index in [0.29, 0.717) is 33.1 Å². The predicted octanol–water partition coefficient (Wildman–Crippen LogP) is 5.39. The van der Waals surface area contributed by atoms with Gasteiger partial charge in [0.1, 0.15) is 28.6 Å². The molecule has 1 radical (unpaired) electrons. The highest BCUT2D eigenvalue weighted by Gasteiger charge is 2.13. The number of benzene rings is 3. The Morgan fingerprint density at radius 1 is 0.826 bits per heavy atom. The van der Waals surface area contributed by atoms with E-state index < -0.39 is 11.6 Å². The Kier molecular flexibility index (Phi) is 3.11. The summed E-state index contributed by atoms with van der Waals surface area (Å²) in [5, 5.41) is 1.34. The van der Waals surface area contributed by atoms with Crippen molar-refractivity contribution in [2.24, 2.45) is 0 Å². The van der Waals surface area contributed by atoms with Crippen molar-refractivity contribution in [2.75, 3.05) is 0 Å². The molecule has 1 aromatic heterocycles. The van der Waals surface area contributed by atoms with E-state index >= 15 is 0 Å². The molecule has 4 rings (SSSR count). The molecule has 0 aliphatic carbocycles. The van der Waals surface area contributed by atoms with Crippen LogP contribution in [-0.2, 0) is 6.42 Å². The van der Waals surface area contributed by atoms with Crippen LogP contribution < -0.4 is 0 Å². The summed E-state index contributed by atoms with van der Waals surface area (Å²) in [5.74, 6) is -1.63. The van der Waals surface area contributed by atoms with Gasteiger partial charge in [-0.25, -0.2) is 13.2 Å². The summed E-state index contributed by atoms with van der Waals surface area (Å²) < 4.78 is 46.0. The van der Waals surface area contributed by atoms with Crippen molar-refractivity contribution in [3.8, 4) is 0 Å². The summed E-state index contributed by atoms with van der Waals surface area (Å²) >= 11 is 0. The first kappa shape index (κ1) is 13.9. The highest BCUT2D eigenvalue weighted by Crippen LogP contribution is 2.32. The molecule has 0 fully saturated rings. The van der Waals surface area contributed by atoms with Gasteiger partial charge in [-0.3, -0.25) is 0 Å². The van der Waals surface area contributed by atoms with Crippen LogP contribution in [-0.4, -0.2) is 0 Å². The topological polar surface area (TPSA) is 13.1 Å². The van der Waals surface area contributed by atoms with E-state index in [1.165, 1.54) is 24.3 Å². The molecule has 0 atom stereocenters. The first-order valence-corrected chi connectivity index (χ1v) is 7.06. The highest BCUT2D eigenvalue weighted by atomic mass is 19.1. The molecule has 0 N–H and O–H groups in total. The zero-order valence-corrected chi connectivity index (χ0v) is 11.9. The molecule has 0 spiro atoms. The van der Waals surface area contributed by atoms with Gasteiger partial charge >= 0.3 is 0 Å². The van der Waals surface area contributed by atoms with Gasteiger partial charge in [-0.15, -0.1) is 0 Å². The van der Waals surface area contributed by atoms with Gasteiger partial charge < -0.3 is 4.42 Å². The van der Waals surface area contributed by atoms with Gasteiger partial charge in [0.05, 0.1) is 0 Å². The van der Waals surface area contributed by atoms with E-state index in [9.17, 15) is 13.2 Å². The third kappa shape index (κ3) is 2.46. The molecule has 3 aromatic carbocycles. The third-order valence-corrected chi connectivity index (χ3v) is 3.77. The number of hydrogen-bond acceptors (Lipinski definition) is 1. The lowest BCUT2D eigenvalue weighted by atomic mass is 9.99. The van der Waals surface area contributed by atoms with Crippen molar-refractivity contribution in [1.29, 1.82) is 0 Å². The molecule has 0 bridgehead atoms. The van der Waals surface area contributed by atoms with Crippen LogP contribution in [0.4, 0.5) is 13.2 Å². The predicted molar refractivity (Wildman–Crippen MR) is 81.7 cm³/mol. The Morgan fingerprint density at radius 2 is 1.61 bits per heavy atom. The summed E-state index contributed by atoms with van der Waals surface area (Å²) in [5.41, 5.74) is 2.35. The Bertz CT molecular complexity index is 1010. The second-order valence-corrected chi connectivity index (χ2v) is 5.39. The Labute approximate surface area is 130 Å². The molecule has 4 aromatic rings. The average molecular weight is 311 g/mol. The quantitative estimate of drug-likeness (QED) is 0.483. The van der Waals surface area contributed by atoms with E-state index in [2.05, 4.69) is 6.07 Å². The molecular weight excluding hydrogens is 301 g/mol. The van der Waals surface area contributed by atoms with Crippen molar-refractivity contribution >= 4 is 21.9 Å². The van der Waals surface area contributed by atoms with E-state index in [1.54, 1.807) is 18.2 Å². The van der Waals surface area contributed by atoms with Crippen LogP contribution in [0.3, 0.4) is 0 Å². The summed E-state index contributed by atoms with van der Waals surface area (Å²) in [6.45, 7) is 0. The lowest BCUT2D eigenvalue weighted by molar-refractivity contribution is 0.580. The van der Waals surface area contributed by atoms with Crippen LogP contribution in [0.5, 0.6) is 0 Å². The van der Waals surface area contributed by atoms with E-state index in [0.717, 1.165) is 6.07 Å². The van der Waals surface area contributed by atoms with Crippen molar-refractivity contribution in [3.05, 3.63) is 83.2 Å². The average Bonchev–Trinajstić information content (AvgIpc) is 2.85. The first-order chi connectivity index (χ1) is 11.1. The van der Waals surface area contributed by atoms with Gasteiger partial charge in [0.2, 0.25) is 0 Å². The maximum atomic E-state index is 13.6. The number of rotatable bonds is 2. The van der Waals surface area contributed by atoms with Gasteiger partial charge in [0, 0.05) is 16.8 Å². The Morgan fingerprint density at radius 3 is 2.39 bits per heavy atom. The molecule has 0 aliphatic heterocycles. The van der Waals surface area contributed by atoms with Crippen LogP contribution >= 0.6 is 0 Å². The molecule has 23 heavy (non-hydrogen) atoms. The first-order valence-electron chi connectivity index (χ1n) is 7.06. The molecule has 0 aliphatic rings. The number of furan rings is 1. The Hall–Kier alpha value is -2.75. The molecule has 113 valence electrons. The fourth-order valence-electron chi connectivity index (χ4n) is 2.86. The minimum Gasteiger partial charge on any atom is -0.456 e. The SMILES string of the molecule is Fc1cc(F)cc(Cc2[c]ccc3oc4ccc(F)cc4c23)c1. The molecule has 0 unspecified atom stereocenters. The normalized spacial score (nSPS) is 11.4. The second kappa shape index (κ2) is 5.16. The molecule has 4 heteroatoms. The fraction of sp³-hybridized carbons (Fsp3) is 0.0526. The number of fused-ring (bicyclic) bond motifs is 3. The lowest BCUT2D eigenvalue weighted by Crippen LogP contribution is -1.92. The summed E-state index contributed by atoms with van der Waals surface area (Å²) in [7, 11) is 0. The second-order valence-electron chi connectivity index (χ2n) is 5.39. The zero-order chi connectivity index (χ0) is 16.0. The van der Waals surface area contributed by atoms with E-state index in [1.807, 2.05) is 0 Å². The van der Waals surface area contributed by atoms with Crippen LogP contribution in [0.1, 0.15) is 11.1 Å². The summed E-state index contributed by atoms with van der Waals surface area (Å²) in [6.07, 6.45) is 0.275. The molecule has 0 saturated heterocycles. The standard InChI is InChI=1S/C19H10F3O/c20-13-4-5-17-16(10-13)19-12(2-1-3-18(19)23-17)6-11-7-14(21)9-15(22)8-11/h1,3-5,7-10H,6H2. The van der Waals surface area contributed by atoms with Gasteiger partial charge in [0.25, 0.3) is 0 Å². The van der Waals surface area contributed by atoms with Crippen molar-refractivity contribution in [2.45, 2.75) is 6.42 Å². The van der Waals surface area contributed by atoms with Crippen LogP contribution in [0, 0.1) is 23.5 Å². The highest BCUT2D eigenvalue weighted by molar-refractivity contribution is 6.06. The van der Waals surface area contributed by atoms with Gasteiger partial charge in [-0.05, 0) is 60.0 Å². The van der Waals surface area contributed by atoms with Crippen molar-refractivity contribution in [3.63, 3.8) is 0 Å². The zero-order valence-electron chi connectivity index (χ0n) is 11.9. The maximum Gasteiger partial charge on any atom is 0.135 e. The van der Waals surface area contributed by atoms with Gasteiger partial charge in [-0.2, -0.15) is 0 Å². The Balaban J connectivity index is 1.92. The van der Waals surface area contributed by atoms with Crippen molar-refractivity contribution < 1.29 is 17.6 Å². The smallest absolute Gasteiger partial charge is 0.135 e. The molecular formula is C19H10F3O. The van der Waals surface area contributed by atoms with Crippen LogP contribution in [0.15, 0.2) is 52.9 Å². The summed E-state index contributed by atoms with van der Waals surface area (Å²) in [6, 6.07) is 14.2. The maximum absolute atomic E-state index is 13.6. The molecule has 0 saturated carbocycles. The number of hydrogen-bond donors (Lipinski definition) is 0. The molecule has 1 heterocycles. The van der Waals surface area contributed by atoms with Gasteiger partial charge in [0.15, 0.2) is 0 Å². The van der Waals surface area contributed by atoms with Crippen LogP contribution in [0.25, 0.3) is 21.9 Å². The van der Waals surface area contributed by atoms with Crippen LogP contribution in [0.2, 0.25) is 0 Å². The van der Waals surface area contributed by atoms with Gasteiger partial charge in [-0.1, -0.05) is 6.07 Å². The van der Waals surface area contributed by atoms with Crippen molar-refractivity contribution in [1.82, 2.24) is 0 Å². The molecule has 1 nitrogen and oxygen atoms in total. The van der Waals surface area contributed by atoms with E-state index in [-0.39, 0.29) is 12.2 Å². The minimum absolute atomic E-state index is 0.275. The molecule has 0 amide bonds. The fourth-order valence-corrected chi connectivity index (χ4v) is 2.86. The number of halogens is 3. The monoisotopic (exact) mass is 311 g/mol.